The molecule has 1 aliphatic heterocycles. The average Bonchev–Trinajstić information content (AvgIpc) is 2.96. The van der Waals surface area contributed by atoms with Crippen molar-refractivity contribution in [2.24, 2.45) is 0 Å². The molecule has 0 aliphatic carbocycles. The lowest BCUT2D eigenvalue weighted by Crippen LogP contribution is -2.36. The molecule has 122 valence electrons. The molecule has 0 saturated heterocycles. The zero-order valence-corrected chi connectivity index (χ0v) is 14.0. The van der Waals surface area contributed by atoms with Crippen molar-refractivity contribution in [3.8, 4) is 0 Å². The van der Waals surface area contributed by atoms with E-state index in [1.807, 2.05) is 0 Å². The molecule has 0 spiro atoms. The van der Waals surface area contributed by atoms with E-state index < -0.39 is 10.0 Å². The molecule has 0 bridgehead atoms. The minimum atomic E-state index is -3.21. The first-order chi connectivity index (χ1) is 11.0. The highest BCUT2D eigenvalue weighted by molar-refractivity contribution is 7.89. The van der Waals surface area contributed by atoms with Crippen LogP contribution in [0.2, 0.25) is 0 Å². The molecule has 1 amide bonds. The highest BCUT2D eigenvalue weighted by atomic mass is 32.2. The quantitative estimate of drug-likeness (QED) is 0.875. The third kappa shape index (κ3) is 3.38. The Kier molecular flexibility index (Phi) is 4.37. The fraction of sp³-hybridized carbons (Fsp3) is 0.385. The summed E-state index contributed by atoms with van der Waals surface area (Å²) >= 11 is 1.29. The van der Waals surface area contributed by atoms with Crippen molar-refractivity contribution in [1.29, 1.82) is 0 Å². The molecule has 2 aromatic heterocycles. The molecule has 0 aromatic carbocycles. The summed E-state index contributed by atoms with van der Waals surface area (Å²) in [4.78, 5) is 25.1. The predicted octanol–water partition coefficient (Wildman–Crippen LogP) is 0.893. The van der Waals surface area contributed by atoms with Crippen molar-refractivity contribution in [2.45, 2.75) is 19.9 Å². The number of carbonyl (C=O) groups is 1. The van der Waals surface area contributed by atoms with Crippen LogP contribution in [-0.4, -0.2) is 45.9 Å². The van der Waals surface area contributed by atoms with Crippen molar-refractivity contribution in [3.05, 3.63) is 34.9 Å². The molecule has 0 unspecified atom stereocenters. The van der Waals surface area contributed by atoms with Crippen LogP contribution in [0.5, 0.6) is 0 Å². The second-order valence-corrected chi connectivity index (χ2v) is 8.26. The Morgan fingerprint density at radius 1 is 1.43 bits per heavy atom. The molecule has 3 heterocycles. The van der Waals surface area contributed by atoms with Gasteiger partial charge in [0.2, 0.25) is 10.0 Å². The van der Waals surface area contributed by atoms with Crippen molar-refractivity contribution in [2.75, 3.05) is 17.6 Å². The fourth-order valence-corrected chi connectivity index (χ4v) is 4.38. The van der Waals surface area contributed by atoms with Crippen molar-refractivity contribution >= 4 is 32.4 Å². The fourth-order valence-electron chi connectivity index (χ4n) is 2.22. The molecule has 0 radical (unpaired) electrons. The van der Waals surface area contributed by atoms with Gasteiger partial charge in [0, 0.05) is 36.8 Å². The second-order valence-electron chi connectivity index (χ2n) is 4.92. The molecular formula is C13H15N5O3S2. The molecule has 10 heteroatoms. The van der Waals surface area contributed by atoms with Gasteiger partial charge >= 0.3 is 0 Å². The molecule has 2 aromatic rings. The monoisotopic (exact) mass is 353 g/mol. The number of amides is 1. The van der Waals surface area contributed by atoms with Crippen LogP contribution in [0.15, 0.2) is 18.6 Å². The van der Waals surface area contributed by atoms with E-state index in [4.69, 9.17) is 0 Å². The number of thiazole rings is 1. The molecule has 8 nitrogen and oxygen atoms in total. The summed E-state index contributed by atoms with van der Waals surface area (Å²) in [5.74, 6) is -0.306. The van der Waals surface area contributed by atoms with E-state index in [0.717, 1.165) is 10.6 Å². The van der Waals surface area contributed by atoms with Crippen LogP contribution >= 0.6 is 11.3 Å². The highest BCUT2D eigenvalue weighted by Gasteiger charge is 2.28. The smallest absolute Gasteiger partial charge is 0.277 e. The van der Waals surface area contributed by atoms with E-state index in [2.05, 4.69) is 20.3 Å². The number of hydrogen-bond acceptors (Lipinski definition) is 7. The zero-order valence-electron chi connectivity index (χ0n) is 12.4. The standard InChI is InChI=1S/C13H15N5O3S2/c1-2-23(20,21)18-6-3-9-11(8-18)22-13(16-9)17-12(19)10-7-14-4-5-15-10/h4-5,7H,2-3,6,8H2,1H3,(H,16,17,19). The Bertz CT molecular complexity index is 819. The Labute approximate surface area is 137 Å². The first-order valence-corrected chi connectivity index (χ1v) is 9.46. The molecule has 0 fully saturated rings. The third-order valence-electron chi connectivity index (χ3n) is 3.47. The van der Waals surface area contributed by atoms with Crippen LogP contribution in [0.25, 0.3) is 0 Å². The summed E-state index contributed by atoms with van der Waals surface area (Å²) in [6.45, 7) is 2.36. The van der Waals surface area contributed by atoms with Gasteiger partial charge in [0.25, 0.3) is 5.91 Å². The molecule has 1 aliphatic rings. The average molecular weight is 353 g/mol. The number of hydrogen-bond donors (Lipinski definition) is 1. The normalized spacial score (nSPS) is 15.2. The second kappa shape index (κ2) is 6.30. The van der Waals surface area contributed by atoms with Gasteiger partial charge in [-0.15, -0.1) is 11.3 Å². The third-order valence-corrected chi connectivity index (χ3v) is 6.30. The Morgan fingerprint density at radius 3 is 2.96 bits per heavy atom. The van der Waals surface area contributed by atoms with E-state index in [1.165, 1.54) is 34.2 Å². The van der Waals surface area contributed by atoms with E-state index in [9.17, 15) is 13.2 Å². The van der Waals surface area contributed by atoms with Gasteiger partial charge in [0.05, 0.1) is 17.6 Å². The number of carbonyl (C=O) groups excluding carboxylic acids is 1. The van der Waals surface area contributed by atoms with Crippen molar-refractivity contribution in [3.63, 3.8) is 0 Å². The van der Waals surface area contributed by atoms with Crippen LogP contribution in [-0.2, 0) is 23.0 Å². The van der Waals surface area contributed by atoms with Crippen LogP contribution < -0.4 is 5.32 Å². The maximum absolute atomic E-state index is 12.0. The number of sulfonamides is 1. The highest BCUT2D eigenvalue weighted by Crippen LogP contribution is 2.29. The van der Waals surface area contributed by atoms with Crippen molar-refractivity contribution in [1.82, 2.24) is 19.3 Å². The maximum Gasteiger partial charge on any atom is 0.277 e. The summed E-state index contributed by atoms with van der Waals surface area (Å²) in [6, 6.07) is 0. The number of rotatable bonds is 4. The molecule has 0 atom stereocenters. The van der Waals surface area contributed by atoms with Gasteiger partial charge in [-0.1, -0.05) is 0 Å². The lowest BCUT2D eigenvalue weighted by Gasteiger charge is -2.24. The predicted molar refractivity (Wildman–Crippen MR) is 85.7 cm³/mol. The Hall–Kier alpha value is -1.91. The molecule has 1 N–H and O–H groups in total. The number of aromatic nitrogens is 3. The maximum atomic E-state index is 12.0. The van der Waals surface area contributed by atoms with Gasteiger partial charge in [-0.25, -0.2) is 18.4 Å². The minimum Gasteiger partial charge on any atom is -0.296 e. The number of nitrogens with one attached hydrogen (secondary N) is 1. The number of fused-ring (bicyclic) bond motifs is 1. The Balaban J connectivity index is 1.75. The summed E-state index contributed by atoms with van der Waals surface area (Å²) in [5, 5.41) is 3.13. The molecule has 3 rings (SSSR count). The number of nitrogens with zero attached hydrogens (tertiary/aromatic N) is 4. The van der Waals surface area contributed by atoms with Crippen LogP contribution in [0.1, 0.15) is 28.0 Å². The first kappa shape index (κ1) is 16.0. The van der Waals surface area contributed by atoms with Crippen LogP contribution in [0, 0.1) is 0 Å². The van der Waals surface area contributed by atoms with Gasteiger partial charge < -0.3 is 0 Å². The van der Waals surface area contributed by atoms with Crippen LogP contribution in [0.4, 0.5) is 5.13 Å². The lowest BCUT2D eigenvalue weighted by molar-refractivity contribution is 0.102. The number of anilines is 1. The summed E-state index contributed by atoms with van der Waals surface area (Å²) in [7, 11) is -3.21. The molecule has 23 heavy (non-hydrogen) atoms. The summed E-state index contributed by atoms with van der Waals surface area (Å²) in [5.41, 5.74) is 1.04. The summed E-state index contributed by atoms with van der Waals surface area (Å²) < 4.78 is 25.4. The summed E-state index contributed by atoms with van der Waals surface area (Å²) in [6.07, 6.45) is 4.85. The van der Waals surface area contributed by atoms with E-state index in [1.54, 1.807) is 6.92 Å². The van der Waals surface area contributed by atoms with E-state index in [-0.39, 0.29) is 17.4 Å². The van der Waals surface area contributed by atoms with Gasteiger partial charge in [0.15, 0.2) is 5.13 Å². The van der Waals surface area contributed by atoms with E-state index >= 15 is 0 Å². The minimum absolute atomic E-state index is 0.0808. The topological polar surface area (TPSA) is 105 Å². The van der Waals surface area contributed by atoms with Gasteiger partial charge in [-0.2, -0.15) is 4.31 Å². The molecular weight excluding hydrogens is 338 g/mol. The lowest BCUT2D eigenvalue weighted by atomic mass is 10.2. The molecule has 0 saturated carbocycles. The van der Waals surface area contributed by atoms with Crippen molar-refractivity contribution < 1.29 is 13.2 Å². The Morgan fingerprint density at radius 2 is 2.26 bits per heavy atom. The van der Waals surface area contributed by atoms with Gasteiger partial charge in [-0.05, 0) is 6.92 Å². The van der Waals surface area contributed by atoms with Gasteiger partial charge in [-0.3, -0.25) is 15.1 Å². The first-order valence-electron chi connectivity index (χ1n) is 7.03. The van der Waals surface area contributed by atoms with E-state index in [0.29, 0.717) is 24.6 Å². The largest absolute Gasteiger partial charge is 0.296 e. The zero-order chi connectivity index (χ0) is 16.4. The van der Waals surface area contributed by atoms with Gasteiger partial charge in [0.1, 0.15) is 5.69 Å². The SMILES string of the molecule is CCS(=O)(=O)N1CCc2nc(NC(=O)c3cnccn3)sc2C1. The van der Waals surface area contributed by atoms with Crippen LogP contribution in [0.3, 0.4) is 0 Å².